The maximum Gasteiger partial charge on any atom is 0.278 e. The van der Waals surface area contributed by atoms with Crippen LogP contribution >= 0.6 is 11.3 Å². The lowest BCUT2D eigenvalue weighted by Crippen LogP contribution is -2.43. The molecule has 146 valence electrons. The van der Waals surface area contributed by atoms with E-state index in [1.54, 1.807) is 7.11 Å². The van der Waals surface area contributed by atoms with Crippen LogP contribution in [0.5, 0.6) is 0 Å². The molecule has 9 heteroatoms. The quantitative estimate of drug-likeness (QED) is 0.766. The van der Waals surface area contributed by atoms with Crippen LogP contribution in [0.4, 0.5) is 5.13 Å². The molecule has 1 unspecified atom stereocenters. The molecule has 1 aliphatic heterocycles. The van der Waals surface area contributed by atoms with Crippen molar-refractivity contribution >= 4 is 27.3 Å². The van der Waals surface area contributed by atoms with Crippen LogP contribution in [0.15, 0.2) is 4.79 Å². The third-order valence-corrected chi connectivity index (χ3v) is 6.31. The maximum atomic E-state index is 12.8. The SMILES string of the molecule is COCCNC(=O)C1CCCN(c2nn3c(=O)c4c(nc3s2)CCCC4)C1. The van der Waals surface area contributed by atoms with Gasteiger partial charge in [0.1, 0.15) is 0 Å². The van der Waals surface area contributed by atoms with E-state index < -0.39 is 0 Å². The molecule has 2 aliphatic rings. The molecule has 2 aromatic heterocycles. The lowest BCUT2D eigenvalue weighted by Gasteiger charge is -2.31. The lowest BCUT2D eigenvalue weighted by molar-refractivity contribution is -0.125. The molecule has 0 spiro atoms. The first-order valence-electron chi connectivity index (χ1n) is 9.60. The number of anilines is 1. The van der Waals surface area contributed by atoms with E-state index in [0.29, 0.717) is 24.7 Å². The van der Waals surface area contributed by atoms with Gasteiger partial charge in [0.05, 0.1) is 18.2 Å². The zero-order chi connectivity index (χ0) is 18.8. The van der Waals surface area contributed by atoms with Crippen LogP contribution in [0.2, 0.25) is 0 Å². The van der Waals surface area contributed by atoms with Crippen LogP contribution < -0.4 is 15.8 Å². The van der Waals surface area contributed by atoms with Crippen molar-refractivity contribution in [2.24, 2.45) is 5.92 Å². The number of methoxy groups -OCH3 is 1. The highest BCUT2D eigenvalue weighted by molar-refractivity contribution is 7.20. The van der Waals surface area contributed by atoms with Gasteiger partial charge in [-0.15, -0.1) is 5.10 Å². The lowest BCUT2D eigenvalue weighted by atomic mass is 9.97. The minimum absolute atomic E-state index is 0.0249. The normalized spacial score (nSPS) is 19.9. The Balaban J connectivity index is 1.54. The Morgan fingerprint density at radius 1 is 1.33 bits per heavy atom. The third kappa shape index (κ3) is 3.70. The topological polar surface area (TPSA) is 88.8 Å². The number of fused-ring (bicyclic) bond motifs is 2. The number of nitrogens with one attached hydrogen (secondary N) is 1. The molecule has 1 fully saturated rings. The fourth-order valence-electron chi connectivity index (χ4n) is 3.88. The summed E-state index contributed by atoms with van der Waals surface area (Å²) in [5.74, 6) is -0.0101. The zero-order valence-corrected chi connectivity index (χ0v) is 16.4. The molecule has 27 heavy (non-hydrogen) atoms. The summed E-state index contributed by atoms with van der Waals surface area (Å²) in [6.45, 7) is 2.50. The molecule has 4 rings (SSSR count). The summed E-state index contributed by atoms with van der Waals surface area (Å²) in [5.41, 5.74) is 1.74. The number of aryl methyl sites for hydroxylation is 1. The van der Waals surface area contributed by atoms with Gasteiger partial charge >= 0.3 is 0 Å². The largest absolute Gasteiger partial charge is 0.383 e. The first kappa shape index (κ1) is 18.4. The maximum absolute atomic E-state index is 12.8. The van der Waals surface area contributed by atoms with Gasteiger partial charge in [-0.1, -0.05) is 11.3 Å². The number of rotatable bonds is 5. The standard InChI is InChI=1S/C18H25N5O3S/c1-26-10-8-19-15(24)12-5-4-9-22(11-12)18-21-23-16(25)13-6-2-3-7-14(13)20-17(23)27-18/h12H,2-11H2,1H3,(H,19,24). The van der Waals surface area contributed by atoms with E-state index >= 15 is 0 Å². The smallest absolute Gasteiger partial charge is 0.278 e. The molecule has 3 heterocycles. The molecule has 0 bridgehead atoms. The highest BCUT2D eigenvalue weighted by Gasteiger charge is 2.28. The Bertz CT molecular complexity index is 893. The Kier molecular flexibility index (Phi) is 5.40. The molecule has 1 saturated heterocycles. The van der Waals surface area contributed by atoms with Gasteiger partial charge in [0, 0.05) is 32.3 Å². The fourth-order valence-corrected chi connectivity index (χ4v) is 4.82. The number of ether oxygens (including phenoxy) is 1. The van der Waals surface area contributed by atoms with Crippen LogP contribution in [0.25, 0.3) is 4.96 Å². The highest BCUT2D eigenvalue weighted by atomic mass is 32.1. The van der Waals surface area contributed by atoms with E-state index in [4.69, 9.17) is 9.72 Å². The molecule has 0 aromatic carbocycles. The first-order chi connectivity index (χ1) is 13.2. The molecular weight excluding hydrogens is 366 g/mol. The van der Waals surface area contributed by atoms with Crippen molar-refractivity contribution in [2.75, 3.05) is 38.3 Å². The summed E-state index contributed by atoms with van der Waals surface area (Å²) in [6.07, 6.45) is 5.60. The average Bonchev–Trinajstić information content (AvgIpc) is 3.13. The number of piperidine rings is 1. The molecule has 1 atom stereocenters. The number of hydrogen-bond acceptors (Lipinski definition) is 7. The van der Waals surface area contributed by atoms with Crippen molar-refractivity contribution in [1.29, 1.82) is 0 Å². The van der Waals surface area contributed by atoms with E-state index in [0.717, 1.165) is 61.5 Å². The van der Waals surface area contributed by atoms with Crippen LogP contribution in [0.3, 0.4) is 0 Å². The van der Waals surface area contributed by atoms with Crippen molar-refractivity contribution in [3.8, 4) is 0 Å². The molecule has 8 nitrogen and oxygen atoms in total. The second-order valence-corrected chi connectivity index (χ2v) is 8.13. The number of nitrogens with zero attached hydrogens (tertiary/aromatic N) is 4. The van der Waals surface area contributed by atoms with Crippen molar-refractivity contribution in [1.82, 2.24) is 19.9 Å². The summed E-state index contributed by atoms with van der Waals surface area (Å²) >= 11 is 1.44. The number of carbonyl (C=O) groups is 1. The number of aromatic nitrogens is 3. The monoisotopic (exact) mass is 391 g/mol. The van der Waals surface area contributed by atoms with Gasteiger partial charge in [-0.3, -0.25) is 9.59 Å². The van der Waals surface area contributed by atoms with Crippen molar-refractivity contribution < 1.29 is 9.53 Å². The summed E-state index contributed by atoms with van der Waals surface area (Å²) in [4.78, 5) is 32.6. The van der Waals surface area contributed by atoms with Gasteiger partial charge in [0.15, 0.2) is 0 Å². The van der Waals surface area contributed by atoms with Crippen LogP contribution in [0.1, 0.15) is 36.9 Å². The fraction of sp³-hybridized carbons (Fsp3) is 0.667. The number of hydrogen-bond donors (Lipinski definition) is 1. The predicted octanol–water partition coefficient (Wildman–Crippen LogP) is 1.01. The average molecular weight is 391 g/mol. The Labute approximate surface area is 161 Å². The third-order valence-electron chi connectivity index (χ3n) is 5.34. The Hall–Kier alpha value is -2.00. The van der Waals surface area contributed by atoms with Crippen molar-refractivity contribution in [3.05, 3.63) is 21.6 Å². The summed E-state index contributed by atoms with van der Waals surface area (Å²) in [6, 6.07) is 0. The molecule has 0 saturated carbocycles. The van der Waals surface area contributed by atoms with E-state index in [9.17, 15) is 9.59 Å². The molecule has 1 aliphatic carbocycles. The summed E-state index contributed by atoms with van der Waals surface area (Å²) in [5, 5.41) is 8.24. The predicted molar refractivity (Wildman–Crippen MR) is 104 cm³/mol. The number of carbonyl (C=O) groups excluding carboxylic acids is 1. The van der Waals surface area contributed by atoms with Gasteiger partial charge in [-0.25, -0.2) is 4.98 Å². The second kappa shape index (κ2) is 7.93. The van der Waals surface area contributed by atoms with E-state index in [1.807, 2.05) is 0 Å². The summed E-state index contributed by atoms with van der Waals surface area (Å²) in [7, 11) is 1.62. The minimum Gasteiger partial charge on any atom is -0.383 e. The van der Waals surface area contributed by atoms with Gasteiger partial charge in [-0.05, 0) is 38.5 Å². The zero-order valence-electron chi connectivity index (χ0n) is 15.6. The van der Waals surface area contributed by atoms with Crippen molar-refractivity contribution in [2.45, 2.75) is 38.5 Å². The number of amides is 1. The van der Waals surface area contributed by atoms with E-state index in [2.05, 4.69) is 15.3 Å². The second-order valence-electron chi connectivity index (χ2n) is 7.20. The Morgan fingerprint density at radius 3 is 3.04 bits per heavy atom. The van der Waals surface area contributed by atoms with Gasteiger partial charge in [0.25, 0.3) is 5.56 Å². The molecule has 0 radical (unpaired) electrons. The van der Waals surface area contributed by atoms with Crippen LogP contribution in [0, 0.1) is 5.92 Å². The first-order valence-corrected chi connectivity index (χ1v) is 10.4. The minimum atomic E-state index is -0.0690. The van der Waals surface area contributed by atoms with Gasteiger partial charge < -0.3 is 15.0 Å². The van der Waals surface area contributed by atoms with E-state index in [-0.39, 0.29) is 17.4 Å². The van der Waals surface area contributed by atoms with Gasteiger partial charge in [-0.2, -0.15) is 4.52 Å². The molecular formula is C18H25N5O3S. The van der Waals surface area contributed by atoms with Crippen LogP contribution in [-0.2, 0) is 22.4 Å². The van der Waals surface area contributed by atoms with Crippen LogP contribution in [-0.4, -0.2) is 53.9 Å². The Morgan fingerprint density at radius 2 is 2.19 bits per heavy atom. The van der Waals surface area contributed by atoms with Crippen molar-refractivity contribution in [3.63, 3.8) is 0 Å². The van der Waals surface area contributed by atoms with Gasteiger partial charge in [0.2, 0.25) is 16.0 Å². The molecule has 1 amide bonds. The highest BCUT2D eigenvalue weighted by Crippen LogP contribution is 2.28. The van der Waals surface area contributed by atoms with E-state index in [1.165, 1.54) is 15.9 Å². The summed E-state index contributed by atoms with van der Waals surface area (Å²) < 4.78 is 6.44. The molecule has 1 N–H and O–H groups in total. The molecule has 2 aromatic rings.